The van der Waals surface area contributed by atoms with Crippen LogP contribution in [0.3, 0.4) is 0 Å². The molecule has 7 nitrogen and oxygen atoms in total. The van der Waals surface area contributed by atoms with Crippen LogP contribution in [-0.2, 0) is 30.8 Å². The summed E-state index contributed by atoms with van der Waals surface area (Å²) >= 11 is 5.85. The van der Waals surface area contributed by atoms with Crippen LogP contribution in [0.2, 0.25) is 5.02 Å². The fourth-order valence-corrected chi connectivity index (χ4v) is 5.32. The zero-order valence-electron chi connectivity index (χ0n) is 18.6. The minimum Gasteiger partial charge on any atom is -0.464 e. The molecular weight excluding hydrogens is 464 g/mol. The fraction of sp³-hybridized carbons (Fsp3) is 0.417. The molecule has 2 aromatic carbocycles. The summed E-state index contributed by atoms with van der Waals surface area (Å²) in [6.07, 6.45) is 2.14. The Labute approximate surface area is 200 Å². The van der Waals surface area contributed by atoms with E-state index in [1.165, 1.54) is 34.1 Å². The van der Waals surface area contributed by atoms with Crippen LogP contribution >= 0.6 is 11.6 Å². The van der Waals surface area contributed by atoms with Gasteiger partial charge < -0.3 is 10.1 Å². The second kappa shape index (κ2) is 11.6. The molecule has 1 amide bonds. The molecule has 178 valence electrons. The molecule has 1 heterocycles. The van der Waals surface area contributed by atoms with E-state index in [9.17, 15) is 18.0 Å². The summed E-state index contributed by atoms with van der Waals surface area (Å²) in [6, 6.07) is 14.0. The number of rotatable bonds is 9. The van der Waals surface area contributed by atoms with Gasteiger partial charge in [0.25, 0.3) is 0 Å². The molecule has 0 radical (unpaired) electrons. The monoisotopic (exact) mass is 492 g/mol. The van der Waals surface area contributed by atoms with Crippen LogP contribution in [0.1, 0.15) is 30.4 Å². The number of carbonyl (C=O) groups excluding carboxylic acids is 2. The Bertz CT molecular complexity index is 1060. The quantitative estimate of drug-likeness (QED) is 0.428. The number of nitrogens with zero attached hydrogens (tertiary/aromatic N) is 1. The van der Waals surface area contributed by atoms with E-state index >= 15 is 0 Å². The number of benzene rings is 2. The lowest BCUT2D eigenvalue weighted by atomic mass is 10.0. The molecule has 0 aromatic heterocycles. The van der Waals surface area contributed by atoms with E-state index in [-0.39, 0.29) is 30.5 Å². The summed E-state index contributed by atoms with van der Waals surface area (Å²) in [6.45, 7) is 2.72. The smallest absolute Gasteiger partial charge is 0.310 e. The van der Waals surface area contributed by atoms with Gasteiger partial charge in [-0.05, 0) is 56.0 Å². The number of sulfonamides is 1. The van der Waals surface area contributed by atoms with Crippen molar-refractivity contribution in [2.45, 2.75) is 37.5 Å². The summed E-state index contributed by atoms with van der Waals surface area (Å²) < 4.78 is 32.3. The second-order valence-electron chi connectivity index (χ2n) is 8.16. The van der Waals surface area contributed by atoms with Crippen molar-refractivity contribution >= 4 is 33.5 Å². The van der Waals surface area contributed by atoms with Gasteiger partial charge in [0.15, 0.2) is 0 Å². The first kappa shape index (κ1) is 25.2. The van der Waals surface area contributed by atoms with Crippen LogP contribution in [0.25, 0.3) is 0 Å². The molecule has 0 aliphatic carbocycles. The molecule has 9 heteroatoms. The normalized spacial score (nSPS) is 16.8. The Morgan fingerprint density at radius 1 is 1.12 bits per heavy atom. The highest BCUT2D eigenvalue weighted by Gasteiger charge is 2.34. The van der Waals surface area contributed by atoms with Gasteiger partial charge in [0.2, 0.25) is 15.9 Å². The molecule has 3 rings (SSSR count). The largest absolute Gasteiger partial charge is 0.464 e. The van der Waals surface area contributed by atoms with Gasteiger partial charge in [0.05, 0.1) is 17.4 Å². The molecule has 2 aromatic rings. The maximum atomic E-state index is 12.9. The highest BCUT2D eigenvalue weighted by atomic mass is 35.5. The Morgan fingerprint density at radius 2 is 1.82 bits per heavy atom. The number of carbonyl (C=O) groups is 2. The Morgan fingerprint density at radius 3 is 2.52 bits per heavy atom. The zero-order chi connectivity index (χ0) is 23.8. The second-order valence-corrected chi connectivity index (χ2v) is 10.5. The minimum atomic E-state index is -3.70. The first-order valence-electron chi connectivity index (χ1n) is 11.0. The SMILES string of the molecule is Cc1ccc(CCC(=O)NCCOC(=O)C2CCCN(S(=O)(=O)c3ccc(Cl)cc3)C2)cc1. The topological polar surface area (TPSA) is 92.8 Å². The lowest BCUT2D eigenvalue weighted by Gasteiger charge is -2.30. The Balaban J connectivity index is 1.40. The molecule has 1 aliphatic rings. The average molecular weight is 493 g/mol. The highest BCUT2D eigenvalue weighted by molar-refractivity contribution is 7.89. The number of aryl methyl sites for hydroxylation is 2. The number of nitrogens with one attached hydrogen (secondary N) is 1. The number of amides is 1. The highest BCUT2D eigenvalue weighted by Crippen LogP contribution is 2.25. The summed E-state index contributed by atoms with van der Waals surface area (Å²) in [5, 5.41) is 3.20. The van der Waals surface area contributed by atoms with E-state index in [4.69, 9.17) is 16.3 Å². The molecule has 0 spiro atoms. The van der Waals surface area contributed by atoms with Gasteiger partial charge in [-0.15, -0.1) is 0 Å². The van der Waals surface area contributed by atoms with E-state index in [2.05, 4.69) is 5.32 Å². The van der Waals surface area contributed by atoms with Gasteiger partial charge in [-0.2, -0.15) is 4.31 Å². The van der Waals surface area contributed by atoms with Crippen molar-refractivity contribution in [2.75, 3.05) is 26.2 Å². The van der Waals surface area contributed by atoms with Gasteiger partial charge >= 0.3 is 5.97 Å². The summed E-state index contributed by atoms with van der Waals surface area (Å²) in [4.78, 5) is 24.6. The van der Waals surface area contributed by atoms with Crippen molar-refractivity contribution in [1.29, 1.82) is 0 Å². The number of ether oxygens (including phenoxy) is 1. The predicted octanol–water partition coefficient (Wildman–Crippen LogP) is 3.34. The molecule has 0 bridgehead atoms. The standard InChI is InChI=1S/C24H29ClN2O5S/c1-18-4-6-19(7-5-18)8-13-23(28)26-14-16-32-24(29)20-3-2-15-27(17-20)33(30,31)22-11-9-21(25)10-12-22/h4-7,9-12,20H,2-3,8,13-17H2,1H3,(H,26,28). The molecule has 1 fully saturated rings. The van der Waals surface area contributed by atoms with E-state index in [1.807, 2.05) is 31.2 Å². The Kier molecular flexibility index (Phi) is 8.88. The number of hydrogen-bond acceptors (Lipinski definition) is 5. The third-order valence-electron chi connectivity index (χ3n) is 5.60. The number of halogens is 1. The van der Waals surface area contributed by atoms with Crippen LogP contribution in [0.4, 0.5) is 0 Å². The first-order valence-corrected chi connectivity index (χ1v) is 12.8. The van der Waals surface area contributed by atoms with Crippen molar-refractivity contribution in [1.82, 2.24) is 9.62 Å². The van der Waals surface area contributed by atoms with Gasteiger partial charge in [-0.25, -0.2) is 8.42 Å². The number of esters is 1. The molecule has 1 N–H and O–H groups in total. The van der Waals surface area contributed by atoms with Gasteiger partial charge in [-0.3, -0.25) is 9.59 Å². The fourth-order valence-electron chi connectivity index (χ4n) is 3.67. The molecule has 33 heavy (non-hydrogen) atoms. The van der Waals surface area contributed by atoms with E-state index in [1.54, 1.807) is 0 Å². The van der Waals surface area contributed by atoms with Crippen LogP contribution in [-0.4, -0.2) is 50.8 Å². The molecule has 1 aliphatic heterocycles. The van der Waals surface area contributed by atoms with Crippen LogP contribution < -0.4 is 5.32 Å². The third-order valence-corrected chi connectivity index (χ3v) is 7.73. The molecule has 1 atom stereocenters. The summed E-state index contributed by atoms with van der Waals surface area (Å²) in [7, 11) is -3.70. The van der Waals surface area contributed by atoms with Crippen molar-refractivity contribution in [3.63, 3.8) is 0 Å². The van der Waals surface area contributed by atoms with Crippen molar-refractivity contribution in [3.8, 4) is 0 Å². The molecular formula is C24H29ClN2O5S. The third kappa shape index (κ3) is 7.28. The summed E-state index contributed by atoms with van der Waals surface area (Å²) in [5.74, 6) is -1.08. The molecule has 1 unspecified atom stereocenters. The number of hydrogen-bond donors (Lipinski definition) is 1. The van der Waals surface area contributed by atoms with E-state index < -0.39 is 21.9 Å². The zero-order valence-corrected chi connectivity index (χ0v) is 20.2. The first-order chi connectivity index (χ1) is 15.8. The molecule has 0 saturated carbocycles. The van der Waals surface area contributed by atoms with Crippen molar-refractivity contribution in [2.24, 2.45) is 5.92 Å². The Hall–Kier alpha value is -2.42. The van der Waals surface area contributed by atoms with Crippen molar-refractivity contribution < 1.29 is 22.7 Å². The van der Waals surface area contributed by atoms with Crippen LogP contribution in [0, 0.1) is 12.8 Å². The molecule has 1 saturated heterocycles. The lowest BCUT2D eigenvalue weighted by molar-refractivity contribution is -0.150. The lowest BCUT2D eigenvalue weighted by Crippen LogP contribution is -2.43. The van der Waals surface area contributed by atoms with Gasteiger partial charge in [0, 0.05) is 24.5 Å². The summed E-state index contributed by atoms with van der Waals surface area (Å²) in [5.41, 5.74) is 2.27. The van der Waals surface area contributed by atoms with E-state index in [0.29, 0.717) is 37.3 Å². The van der Waals surface area contributed by atoms with Crippen LogP contribution in [0.15, 0.2) is 53.4 Å². The van der Waals surface area contributed by atoms with E-state index in [0.717, 1.165) is 5.56 Å². The van der Waals surface area contributed by atoms with Crippen molar-refractivity contribution in [3.05, 3.63) is 64.7 Å². The van der Waals surface area contributed by atoms with Gasteiger partial charge in [0.1, 0.15) is 6.61 Å². The maximum Gasteiger partial charge on any atom is 0.310 e. The minimum absolute atomic E-state index is 0.0511. The van der Waals surface area contributed by atoms with Gasteiger partial charge in [-0.1, -0.05) is 41.4 Å². The average Bonchev–Trinajstić information content (AvgIpc) is 2.81. The predicted molar refractivity (Wildman–Crippen MR) is 126 cm³/mol. The maximum absolute atomic E-state index is 12.9. The van der Waals surface area contributed by atoms with Crippen LogP contribution in [0.5, 0.6) is 0 Å². The number of piperidine rings is 1.